The molecule has 6 aromatic carbocycles. The second kappa shape index (κ2) is 11.5. The Morgan fingerprint density at radius 3 is 1.94 bits per heavy atom. The number of aromatic nitrogens is 1. The van der Waals surface area contributed by atoms with Crippen molar-refractivity contribution in [2.45, 2.75) is 6.42 Å². The molecule has 0 saturated heterocycles. The number of benzene rings is 6. The first-order valence-corrected chi connectivity index (χ1v) is 16.2. The third kappa shape index (κ3) is 4.76. The van der Waals surface area contributed by atoms with Gasteiger partial charge in [0.1, 0.15) is 34.7 Å². The summed E-state index contributed by atoms with van der Waals surface area (Å²) >= 11 is 0. The molecule has 0 aliphatic carbocycles. The predicted octanol–water partition coefficient (Wildman–Crippen LogP) is 10.9. The topological polar surface area (TPSA) is 86.0 Å². The molecule has 0 fully saturated rings. The smallest absolute Gasteiger partial charge is 0.141 e. The Balaban J connectivity index is 1.37. The molecule has 0 radical (unpaired) electrons. The third-order valence-electron chi connectivity index (χ3n) is 9.49. The Bertz CT molecular complexity index is 2810. The van der Waals surface area contributed by atoms with E-state index in [1.807, 2.05) is 30.3 Å². The predicted molar refractivity (Wildman–Crippen MR) is 198 cm³/mol. The number of fused-ring (bicyclic) bond motifs is 5. The number of allylic oxidation sites excluding steroid dienone is 1. The van der Waals surface area contributed by atoms with Gasteiger partial charge in [-0.3, -0.25) is 4.99 Å². The lowest BCUT2D eigenvalue weighted by atomic mass is 9.84. The second-order valence-corrected chi connectivity index (χ2v) is 12.3. The molecule has 1 aliphatic heterocycles. The van der Waals surface area contributed by atoms with Crippen molar-refractivity contribution in [3.05, 3.63) is 145 Å². The lowest BCUT2D eigenvalue weighted by Crippen LogP contribution is -2.02. The van der Waals surface area contributed by atoms with Crippen LogP contribution in [0.1, 0.15) is 17.7 Å². The first kappa shape index (κ1) is 28.4. The van der Waals surface area contributed by atoms with Crippen molar-refractivity contribution < 1.29 is 4.42 Å². The van der Waals surface area contributed by atoms with Crippen LogP contribution in [0.2, 0.25) is 0 Å². The van der Waals surface area contributed by atoms with E-state index in [0.29, 0.717) is 18.0 Å². The monoisotopic (exact) mass is 626 g/mol. The Morgan fingerprint density at radius 2 is 1.18 bits per heavy atom. The highest BCUT2D eigenvalue weighted by Gasteiger charge is 2.20. The number of para-hydroxylation sites is 1. The molecule has 5 nitrogen and oxygen atoms in total. The minimum Gasteiger partial charge on any atom is -0.456 e. The summed E-state index contributed by atoms with van der Waals surface area (Å²) in [4.78, 5) is 8.54. The van der Waals surface area contributed by atoms with Crippen molar-refractivity contribution in [1.29, 1.82) is 10.5 Å². The molecule has 0 atom stereocenters. The van der Waals surface area contributed by atoms with Gasteiger partial charge in [-0.05, 0) is 121 Å². The average molecular weight is 627 g/mol. The maximum Gasteiger partial charge on any atom is 0.141 e. The zero-order valence-corrected chi connectivity index (χ0v) is 26.3. The van der Waals surface area contributed by atoms with Crippen molar-refractivity contribution in [3.63, 3.8) is 0 Å². The molecule has 49 heavy (non-hydrogen) atoms. The van der Waals surface area contributed by atoms with Crippen LogP contribution < -0.4 is 0 Å². The zero-order valence-electron chi connectivity index (χ0n) is 26.3. The Morgan fingerprint density at radius 1 is 0.531 bits per heavy atom. The number of hydrogen-bond acceptors (Lipinski definition) is 5. The standard InChI is InChI=1S/C44H26N4O/c45-25-33-21-29(15-17-47-33)27-7-5-9-31(19-27)43-36-12-1-2-13-37(36)44(32-10-6-8-28(20-32)30-16-18-48-34(22-30)26-46)40-24-42-38(23-39(40)43)35-11-3-4-14-41(35)49-42/h1-14,16,18-24H,15,17H2. The maximum atomic E-state index is 9.55. The number of nitrogens with zero attached hydrogens (tertiary/aromatic N) is 4. The Labute approximate surface area is 282 Å². The third-order valence-corrected chi connectivity index (χ3v) is 9.49. The maximum absolute atomic E-state index is 9.55. The van der Waals surface area contributed by atoms with E-state index in [2.05, 4.69) is 119 Å². The fourth-order valence-corrected chi connectivity index (χ4v) is 7.29. The van der Waals surface area contributed by atoms with Gasteiger partial charge >= 0.3 is 0 Å². The molecule has 3 heterocycles. The molecular formula is C44H26N4O. The second-order valence-electron chi connectivity index (χ2n) is 12.3. The minimum atomic E-state index is 0.387. The molecular weight excluding hydrogens is 601 g/mol. The van der Waals surface area contributed by atoms with Crippen LogP contribution in [-0.4, -0.2) is 17.2 Å². The number of furan rings is 1. The highest BCUT2D eigenvalue weighted by atomic mass is 16.3. The van der Waals surface area contributed by atoms with Crippen LogP contribution in [0.3, 0.4) is 0 Å². The number of dihydropyridines is 1. The SMILES string of the molecule is N#CC1=NCCC(c2cccc(-c3c4ccccc4c(-c4cccc(-c5ccnc(C#N)c5)c4)c4cc5oc6ccccc6c5cc34)c2)=C1. The molecule has 8 aromatic rings. The van der Waals surface area contributed by atoms with Gasteiger partial charge in [-0.25, -0.2) is 4.98 Å². The normalized spacial score (nSPS) is 12.9. The molecule has 2 aromatic heterocycles. The molecule has 5 heteroatoms. The van der Waals surface area contributed by atoms with Gasteiger partial charge in [0.15, 0.2) is 0 Å². The van der Waals surface area contributed by atoms with Crippen molar-refractivity contribution >= 4 is 54.8 Å². The van der Waals surface area contributed by atoms with Crippen LogP contribution in [0.25, 0.3) is 82.4 Å². The summed E-state index contributed by atoms with van der Waals surface area (Å²) in [7, 11) is 0. The largest absolute Gasteiger partial charge is 0.456 e. The van der Waals surface area contributed by atoms with Crippen LogP contribution in [-0.2, 0) is 0 Å². The van der Waals surface area contributed by atoms with Crippen LogP contribution in [0.5, 0.6) is 0 Å². The number of rotatable bonds is 4. The summed E-state index contributed by atoms with van der Waals surface area (Å²) in [6.45, 7) is 0.613. The average Bonchev–Trinajstić information content (AvgIpc) is 3.53. The van der Waals surface area contributed by atoms with E-state index in [0.717, 1.165) is 94.4 Å². The first-order chi connectivity index (χ1) is 24.2. The summed E-state index contributed by atoms with van der Waals surface area (Å²) in [6.07, 6.45) is 4.39. The highest BCUT2D eigenvalue weighted by molar-refractivity contribution is 6.25. The lowest BCUT2D eigenvalue weighted by Gasteiger charge is -2.19. The fraction of sp³-hybridized carbons (Fsp3) is 0.0455. The summed E-state index contributed by atoms with van der Waals surface area (Å²) in [6, 6.07) is 46.6. The quantitative estimate of drug-likeness (QED) is 0.182. The van der Waals surface area contributed by atoms with Crippen molar-refractivity contribution in [3.8, 4) is 45.5 Å². The summed E-state index contributed by atoms with van der Waals surface area (Å²) < 4.78 is 6.46. The number of pyridine rings is 1. The minimum absolute atomic E-state index is 0.387. The van der Waals surface area contributed by atoms with E-state index in [-0.39, 0.29) is 0 Å². The van der Waals surface area contributed by atoms with E-state index in [9.17, 15) is 10.5 Å². The number of nitriles is 2. The first-order valence-electron chi connectivity index (χ1n) is 16.2. The molecule has 0 bridgehead atoms. The molecule has 0 unspecified atom stereocenters. The van der Waals surface area contributed by atoms with Gasteiger partial charge in [-0.1, -0.05) is 78.9 Å². The van der Waals surface area contributed by atoms with Crippen molar-refractivity contribution in [1.82, 2.24) is 4.98 Å². The number of aliphatic imine (C=N–C) groups is 1. The van der Waals surface area contributed by atoms with Gasteiger partial charge < -0.3 is 4.42 Å². The summed E-state index contributed by atoms with van der Waals surface area (Å²) in [5.41, 5.74) is 11.2. The van der Waals surface area contributed by atoms with Gasteiger partial charge in [0.05, 0.1) is 0 Å². The van der Waals surface area contributed by atoms with Crippen LogP contribution in [0.4, 0.5) is 0 Å². The Hall–Kier alpha value is -6.82. The van der Waals surface area contributed by atoms with Crippen molar-refractivity contribution in [2.75, 3.05) is 6.54 Å². The van der Waals surface area contributed by atoms with E-state index < -0.39 is 0 Å². The van der Waals surface area contributed by atoms with E-state index >= 15 is 0 Å². The van der Waals surface area contributed by atoms with Gasteiger partial charge in [-0.15, -0.1) is 0 Å². The van der Waals surface area contributed by atoms with Crippen LogP contribution >= 0.6 is 0 Å². The van der Waals surface area contributed by atoms with E-state index in [1.165, 1.54) is 0 Å². The van der Waals surface area contributed by atoms with Gasteiger partial charge in [0.2, 0.25) is 0 Å². The van der Waals surface area contributed by atoms with E-state index in [1.54, 1.807) is 6.20 Å². The molecule has 0 spiro atoms. The number of hydrogen-bond donors (Lipinski definition) is 0. The molecule has 1 aliphatic rings. The van der Waals surface area contributed by atoms with Gasteiger partial charge in [-0.2, -0.15) is 10.5 Å². The zero-order chi connectivity index (χ0) is 32.9. The summed E-state index contributed by atoms with van der Waals surface area (Å²) in [5, 5.41) is 25.7. The highest BCUT2D eigenvalue weighted by Crippen LogP contribution is 2.47. The van der Waals surface area contributed by atoms with E-state index in [4.69, 9.17) is 4.42 Å². The molecule has 9 rings (SSSR count). The molecule has 228 valence electrons. The molecule has 0 amide bonds. The van der Waals surface area contributed by atoms with Gasteiger partial charge in [0.25, 0.3) is 0 Å². The van der Waals surface area contributed by atoms with Crippen molar-refractivity contribution in [2.24, 2.45) is 4.99 Å². The molecule has 0 saturated carbocycles. The van der Waals surface area contributed by atoms with Crippen LogP contribution in [0, 0.1) is 22.7 Å². The summed E-state index contributed by atoms with van der Waals surface area (Å²) in [5.74, 6) is 0. The lowest BCUT2D eigenvalue weighted by molar-refractivity contribution is 0.669. The fourth-order valence-electron chi connectivity index (χ4n) is 7.29. The Kier molecular flexibility index (Phi) is 6.64. The molecule has 0 N–H and O–H groups in total. The van der Waals surface area contributed by atoms with Crippen LogP contribution in [0.15, 0.2) is 143 Å². The van der Waals surface area contributed by atoms with Gasteiger partial charge in [0, 0.05) is 23.5 Å².